The molecule has 0 aliphatic carbocycles. The Hall–Kier alpha value is -2.68. The van der Waals surface area contributed by atoms with Crippen LogP contribution in [0.15, 0.2) is 47.5 Å². The van der Waals surface area contributed by atoms with Crippen LogP contribution in [0.5, 0.6) is 0 Å². The standard InChI is InChI=1S/C20H20N2O5S/c1-13-3-2-4-17-18(12-21-19(13)17)14-9-15(20(23)24)11-16(10-14)28(25,26)22-5-7-27-8-6-22/h2-4,9-12,21H,5-8H2,1H3,(H,23,24). The number of benzene rings is 2. The van der Waals surface area contributed by atoms with Crippen molar-refractivity contribution in [3.05, 3.63) is 53.7 Å². The molecular weight excluding hydrogens is 380 g/mol. The maximum Gasteiger partial charge on any atom is 0.335 e. The van der Waals surface area contributed by atoms with Gasteiger partial charge in [-0.25, -0.2) is 13.2 Å². The van der Waals surface area contributed by atoms with Gasteiger partial charge in [0, 0.05) is 35.8 Å². The van der Waals surface area contributed by atoms with Crippen molar-refractivity contribution in [2.24, 2.45) is 0 Å². The van der Waals surface area contributed by atoms with Crippen LogP contribution >= 0.6 is 0 Å². The zero-order valence-corrected chi connectivity index (χ0v) is 16.1. The molecule has 2 aromatic carbocycles. The lowest BCUT2D eigenvalue weighted by molar-refractivity contribution is 0.0696. The maximum atomic E-state index is 13.1. The number of carbonyl (C=O) groups is 1. The van der Waals surface area contributed by atoms with Crippen molar-refractivity contribution in [3.8, 4) is 11.1 Å². The van der Waals surface area contributed by atoms with Gasteiger partial charge in [0.1, 0.15) is 0 Å². The number of morpholine rings is 1. The van der Waals surface area contributed by atoms with Crippen LogP contribution in [-0.2, 0) is 14.8 Å². The number of aromatic carboxylic acids is 1. The van der Waals surface area contributed by atoms with Crippen molar-refractivity contribution in [3.63, 3.8) is 0 Å². The Morgan fingerprint density at radius 1 is 1.18 bits per heavy atom. The van der Waals surface area contributed by atoms with Crippen molar-refractivity contribution < 1.29 is 23.1 Å². The third-order valence-corrected chi connectivity index (χ3v) is 6.87. The van der Waals surface area contributed by atoms with Crippen molar-refractivity contribution in [1.82, 2.24) is 9.29 Å². The molecule has 28 heavy (non-hydrogen) atoms. The number of nitrogens with one attached hydrogen (secondary N) is 1. The highest BCUT2D eigenvalue weighted by Gasteiger charge is 2.28. The molecule has 7 nitrogen and oxygen atoms in total. The zero-order chi connectivity index (χ0) is 19.9. The monoisotopic (exact) mass is 400 g/mol. The SMILES string of the molecule is Cc1cccc2c(-c3cc(C(=O)O)cc(S(=O)(=O)N4CCOCC4)c3)c[nH]c12. The second-order valence-corrected chi connectivity index (χ2v) is 8.71. The first-order valence-electron chi connectivity index (χ1n) is 8.91. The minimum atomic E-state index is -3.81. The van der Waals surface area contributed by atoms with Crippen molar-refractivity contribution in [2.75, 3.05) is 26.3 Å². The average Bonchev–Trinajstić information content (AvgIpc) is 3.14. The molecule has 0 radical (unpaired) electrons. The van der Waals surface area contributed by atoms with Crippen LogP contribution in [0, 0.1) is 6.92 Å². The first kappa shape index (κ1) is 18.7. The Kier molecular flexibility index (Phi) is 4.70. The smallest absolute Gasteiger partial charge is 0.335 e. The first-order chi connectivity index (χ1) is 13.4. The van der Waals surface area contributed by atoms with Crippen LogP contribution in [0.25, 0.3) is 22.0 Å². The predicted molar refractivity (Wildman–Crippen MR) is 105 cm³/mol. The van der Waals surface area contributed by atoms with Crippen molar-refractivity contribution >= 4 is 26.9 Å². The summed E-state index contributed by atoms with van der Waals surface area (Å²) >= 11 is 0. The summed E-state index contributed by atoms with van der Waals surface area (Å²) in [4.78, 5) is 14.8. The number of rotatable bonds is 4. The number of H-pyrrole nitrogens is 1. The molecular formula is C20H20N2O5S. The number of sulfonamides is 1. The summed E-state index contributed by atoms with van der Waals surface area (Å²) in [5.41, 5.74) is 3.24. The summed E-state index contributed by atoms with van der Waals surface area (Å²) in [6.07, 6.45) is 1.78. The number of carboxylic acids is 1. The molecule has 1 saturated heterocycles. The molecule has 1 aromatic heterocycles. The molecule has 2 heterocycles. The molecule has 4 rings (SSSR count). The highest BCUT2D eigenvalue weighted by Crippen LogP contribution is 2.33. The van der Waals surface area contributed by atoms with E-state index in [-0.39, 0.29) is 23.5 Å². The summed E-state index contributed by atoms with van der Waals surface area (Å²) in [5, 5.41) is 10.4. The third kappa shape index (κ3) is 3.19. The fourth-order valence-electron chi connectivity index (χ4n) is 3.51. The molecule has 146 valence electrons. The minimum absolute atomic E-state index is 0.0219. The molecule has 8 heteroatoms. The van der Waals surface area contributed by atoms with E-state index >= 15 is 0 Å². The quantitative estimate of drug-likeness (QED) is 0.702. The van der Waals surface area contributed by atoms with E-state index in [4.69, 9.17) is 4.74 Å². The largest absolute Gasteiger partial charge is 0.478 e. The number of aromatic amines is 1. The van der Waals surface area contributed by atoms with E-state index in [0.29, 0.717) is 18.8 Å². The summed E-state index contributed by atoms with van der Waals surface area (Å²) in [5.74, 6) is -1.17. The number of fused-ring (bicyclic) bond motifs is 1. The molecule has 0 spiro atoms. The van der Waals surface area contributed by atoms with E-state index in [9.17, 15) is 18.3 Å². The minimum Gasteiger partial charge on any atom is -0.478 e. The van der Waals surface area contributed by atoms with E-state index in [2.05, 4.69) is 4.98 Å². The van der Waals surface area contributed by atoms with E-state index in [1.165, 1.54) is 16.4 Å². The molecule has 1 aliphatic rings. The zero-order valence-electron chi connectivity index (χ0n) is 15.3. The molecule has 3 aromatic rings. The molecule has 1 aliphatic heterocycles. The van der Waals surface area contributed by atoms with Gasteiger partial charge < -0.3 is 14.8 Å². The summed E-state index contributed by atoms with van der Waals surface area (Å²) < 4.78 is 32.7. The topological polar surface area (TPSA) is 99.7 Å². The number of ether oxygens (including phenoxy) is 1. The second kappa shape index (κ2) is 7.05. The van der Waals surface area contributed by atoms with Gasteiger partial charge in [0.2, 0.25) is 10.0 Å². The Morgan fingerprint density at radius 3 is 2.64 bits per heavy atom. The summed E-state index contributed by atoms with van der Waals surface area (Å²) in [6, 6.07) is 10.1. The highest BCUT2D eigenvalue weighted by atomic mass is 32.2. The van der Waals surface area contributed by atoms with Crippen LogP contribution in [-0.4, -0.2) is 55.1 Å². The number of carboxylic acid groups (broad SMARTS) is 1. The van der Waals surface area contributed by atoms with Gasteiger partial charge in [-0.2, -0.15) is 4.31 Å². The lowest BCUT2D eigenvalue weighted by Crippen LogP contribution is -2.40. The molecule has 0 bridgehead atoms. The van der Waals surface area contributed by atoms with Crippen LogP contribution in [0.4, 0.5) is 0 Å². The van der Waals surface area contributed by atoms with Gasteiger partial charge in [-0.3, -0.25) is 0 Å². The first-order valence-corrected chi connectivity index (χ1v) is 10.4. The molecule has 0 atom stereocenters. The van der Waals surface area contributed by atoms with Gasteiger partial charge in [0.25, 0.3) is 0 Å². The Balaban J connectivity index is 1.89. The number of nitrogens with zero attached hydrogens (tertiary/aromatic N) is 1. The van der Waals surface area contributed by atoms with Crippen LogP contribution < -0.4 is 0 Å². The molecule has 0 unspecified atom stereocenters. The van der Waals surface area contributed by atoms with E-state index in [0.717, 1.165) is 22.0 Å². The van der Waals surface area contributed by atoms with E-state index in [1.54, 1.807) is 12.3 Å². The lowest BCUT2D eigenvalue weighted by atomic mass is 10.0. The summed E-state index contributed by atoms with van der Waals surface area (Å²) in [6.45, 7) is 3.13. The second-order valence-electron chi connectivity index (χ2n) is 6.77. The van der Waals surface area contributed by atoms with E-state index < -0.39 is 16.0 Å². The van der Waals surface area contributed by atoms with Gasteiger partial charge in [-0.05, 0) is 36.2 Å². The number of hydrogen-bond donors (Lipinski definition) is 2. The number of aromatic nitrogens is 1. The Labute approximate surface area is 162 Å². The maximum absolute atomic E-state index is 13.1. The highest BCUT2D eigenvalue weighted by molar-refractivity contribution is 7.89. The van der Waals surface area contributed by atoms with Crippen LogP contribution in [0.2, 0.25) is 0 Å². The average molecular weight is 400 g/mol. The summed E-state index contributed by atoms with van der Waals surface area (Å²) in [7, 11) is -3.81. The molecule has 2 N–H and O–H groups in total. The van der Waals surface area contributed by atoms with Gasteiger partial charge in [0.15, 0.2) is 0 Å². The van der Waals surface area contributed by atoms with Crippen molar-refractivity contribution in [2.45, 2.75) is 11.8 Å². The normalized spacial score (nSPS) is 15.8. The van der Waals surface area contributed by atoms with Gasteiger partial charge in [-0.15, -0.1) is 0 Å². The van der Waals surface area contributed by atoms with Crippen LogP contribution in [0.3, 0.4) is 0 Å². The predicted octanol–water partition coefficient (Wildman–Crippen LogP) is 2.86. The molecule has 0 saturated carbocycles. The third-order valence-electron chi connectivity index (χ3n) is 5.00. The number of aryl methyl sites for hydroxylation is 1. The lowest BCUT2D eigenvalue weighted by Gasteiger charge is -2.26. The van der Waals surface area contributed by atoms with Gasteiger partial charge in [0.05, 0.1) is 23.7 Å². The molecule has 1 fully saturated rings. The number of para-hydroxylation sites is 1. The Morgan fingerprint density at radius 2 is 1.93 bits per heavy atom. The Bertz CT molecular complexity index is 1160. The fraction of sp³-hybridized carbons (Fsp3) is 0.250. The van der Waals surface area contributed by atoms with E-state index in [1.807, 2.05) is 25.1 Å². The van der Waals surface area contributed by atoms with Crippen LogP contribution in [0.1, 0.15) is 15.9 Å². The van der Waals surface area contributed by atoms with Gasteiger partial charge in [-0.1, -0.05) is 18.2 Å². The van der Waals surface area contributed by atoms with Crippen molar-refractivity contribution in [1.29, 1.82) is 0 Å². The number of hydrogen-bond acceptors (Lipinski definition) is 4. The molecule has 0 amide bonds. The van der Waals surface area contributed by atoms with Gasteiger partial charge >= 0.3 is 5.97 Å². The fourth-order valence-corrected chi connectivity index (χ4v) is 4.99.